The Morgan fingerprint density at radius 2 is 1.96 bits per heavy atom. The Morgan fingerprint density at radius 3 is 2.62 bits per heavy atom. The molecule has 4 rings (SSSR count). The Hall–Kier alpha value is -1.66. The van der Waals surface area contributed by atoms with Gasteiger partial charge in [-0.25, -0.2) is 8.78 Å². The number of hydrogen-bond acceptors (Lipinski definition) is 3. The fourth-order valence-corrected chi connectivity index (χ4v) is 4.13. The van der Waals surface area contributed by atoms with Crippen LogP contribution in [0, 0.1) is 0 Å². The van der Waals surface area contributed by atoms with Gasteiger partial charge in [-0.1, -0.05) is 6.07 Å². The number of likely N-dealkylation sites (tertiary alicyclic amines) is 1. The Morgan fingerprint density at radius 1 is 1.19 bits per heavy atom. The van der Waals surface area contributed by atoms with E-state index >= 15 is 0 Å². The highest BCUT2D eigenvalue weighted by Gasteiger charge is 2.37. The number of fused-ring (bicyclic) bond motifs is 1. The number of benzene rings is 1. The maximum absolute atomic E-state index is 12.7. The summed E-state index contributed by atoms with van der Waals surface area (Å²) in [6.07, 6.45) is 4.27. The van der Waals surface area contributed by atoms with Crippen LogP contribution in [-0.2, 0) is 6.54 Å². The second-order valence-corrected chi connectivity index (χ2v) is 7.72. The summed E-state index contributed by atoms with van der Waals surface area (Å²) in [4.78, 5) is 2.33. The van der Waals surface area contributed by atoms with Gasteiger partial charge in [-0.3, -0.25) is 0 Å². The molecule has 1 aromatic carbocycles. The summed E-state index contributed by atoms with van der Waals surface area (Å²) in [6, 6.07) is 7.49. The van der Waals surface area contributed by atoms with E-state index in [2.05, 4.69) is 4.90 Å². The molecular formula is C20H26F2N2O2. The molecule has 0 atom stereocenters. The minimum atomic E-state index is -2.37. The molecule has 0 bridgehead atoms. The van der Waals surface area contributed by atoms with Crippen LogP contribution in [0.3, 0.4) is 0 Å². The van der Waals surface area contributed by atoms with Gasteiger partial charge < -0.3 is 19.3 Å². The number of ether oxygens (including phenoxy) is 1. The third-order valence-electron chi connectivity index (χ3n) is 5.74. The van der Waals surface area contributed by atoms with Gasteiger partial charge in [0.1, 0.15) is 11.9 Å². The number of piperidine rings is 1. The first-order valence-corrected chi connectivity index (χ1v) is 9.50. The minimum absolute atomic E-state index is 0.131. The molecule has 2 fully saturated rings. The summed E-state index contributed by atoms with van der Waals surface area (Å²) in [7, 11) is 0. The highest BCUT2D eigenvalue weighted by Crippen LogP contribution is 2.34. The number of alkyl halides is 2. The highest BCUT2D eigenvalue weighted by atomic mass is 19.3. The van der Waals surface area contributed by atoms with Crippen LogP contribution in [0.2, 0.25) is 0 Å². The number of aromatic nitrogens is 1. The smallest absolute Gasteiger partial charge is 0.256 e. The van der Waals surface area contributed by atoms with Crippen molar-refractivity contribution in [2.24, 2.45) is 0 Å². The van der Waals surface area contributed by atoms with Crippen molar-refractivity contribution in [3.63, 3.8) is 0 Å². The van der Waals surface area contributed by atoms with Crippen LogP contribution >= 0.6 is 0 Å². The lowest BCUT2D eigenvalue weighted by molar-refractivity contribution is -0.0661. The lowest BCUT2D eigenvalue weighted by Crippen LogP contribution is -2.50. The molecular weight excluding hydrogens is 338 g/mol. The van der Waals surface area contributed by atoms with Gasteiger partial charge in [-0.2, -0.15) is 0 Å². The summed E-state index contributed by atoms with van der Waals surface area (Å²) < 4.78 is 33.2. The quantitative estimate of drug-likeness (QED) is 0.850. The molecule has 2 aliphatic rings. The molecule has 1 aliphatic heterocycles. The molecule has 6 heteroatoms. The van der Waals surface area contributed by atoms with Crippen LogP contribution < -0.4 is 4.74 Å². The van der Waals surface area contributed by atoms with Gasteiger partial charge in [0.25, 0.3) is 6.43 Å². The Balaban J connectivity index is 1.38. The standard InChI is InChI=1S/C20H26F2N2O2/c21-19(22)13-24-12-7-16-17(24)3-1-4-18(16)26-15-5-10-23(11-6-15)14-20(25)8-2-9-20/h1,3-4,7,12,15,19,25H,2,5-6,8-11,13-14H2. The largest absolute Gasteiger partial charge is 0.490 e. The Bertz CT molecular complexity index is 749. The van der Waals surface area contributed by atoms with Gasteiger partial charge in [0.05, 0.1) is 17.7 Å². The first kappa shape index (κ1) is 17.7. The van der Waals surface area contributed by atoms with Gasteiger partial charge >= 0.3 is 0 Å². The molecule has 1 saturated carbocycles. The van der Waals surface area contributed by atoms with Gasteiger partial charge in [0, 0.05) is 31.2 Å². The topological polar surface area (TPSA) is 37.6 Å². The van der Waals surface area contributed by atoms with E-state index in [1.54, 1.807) is 10.8 Å². The van der Waals surface area contributed by atoms with Gasteiger partial charge in [0.15, 0.2) is 0 Å². The van der Waals surface area contributed by atoms with E-state index in [4.69, 9.17) is 4.74 Å². The zero-order valence-corrected chi connectivity index (χ0v) is 14.9. The fourth-order valence-electron chi connectivity index (χ4n) is 4.13. The molecule has 1 N–H and O–H groups in total. The monoisotopic (exact) mass is 364 g/mol. The lowest BCUT2D eigenvalue weighted by Gasteiger charge is -2.42. The molecule has 142 valence electrons. The normalized spacial score (nSPS) is 21.2. The molecule has 2 aromatic rings. The van der Waals surface area contributed by atoms with E-state index in [9.17, 15) is 13.9 Å². The van der Waals surface area contributed by atoms with Crippen molar-refractivity contribution in [2.45, 2.75) is 56.8 Å². The van der Waals surface area contributed by atoms with Crippen LogP contribution in [-0.4, -0.2) is 52.3 Å². The van der Waals surface area contributed by atoms with E-state index in [0.717, 1.165) is 68.4 Å². The maximum atomic E-state index is 12.7. The number of halogens is 2. The molecule has 0 radical (unpaired) electrons. The van der Waals surface area contributed by atoms with E-state index in [1.807, 2.05) is 24.3 Å². The number of rotatable bonds is 6. The highest BCUT2D eigenvalue weighted by molar-refractivity contribution is 5.86. The first-order valence-electron chi connectivity index (χ1n) is 9.50. The number of hydrogen-bond donors (Lipinski definition) is 1. The SMILES string of the molecule is OC1(CN2CCC(Oc3cccc4c3ccn4CC(F)F)CC2)CCC1. The molecule has 4 nitrogen and oxygen atoms in total. The summed E-state index contributed by atoms with van der Waals surface area (Å²) in [5.74, 6) is 0.770. The van der Waals surface area contributed by atoms with E-state index in [0.29, 0.717) is 0 Å². The van der Waals surface area contributed by atoms with Crippen LogP contribution in [0.5, 0.6) is 5.75 Å². The van der Waals surface area contributed by atoms with Crippen LogP contribution in [0.1, 0.15) is 32.1 Å². The van der Waals surface area contributed by atoms with Crippen molar-refractivity contribution in [3.05, 3.63) is 30.5 Å². The van der Waals surface area contributed by atoms with E-state index in [1.165, 1.54) is 0 Å². The number of aliphatic hydroxyl groups is 1. The maximum Gasteiger partial charge on any atom is 0.256 e. The predicted octanol–water partition coefficient (Wildman–Crippen LogP) is 3.66. The summed E-state index contributed by atoms with van der Waals surface area (Å²) in [5, 5.41) is 11.2. The first-order chi connectivity index (χ1) is 12.5. The van der Waals surface area contributed by atoms with Gasteiger partial charge in [0.2, 0.25) is 0 Å². The molecule has 26 heavy (non-hydrogen) atoms. The van der Waals surface area contributed by atoms with Crippen molar-refractivity contribution in [1.82, 2.24) is 9.47 Å². The second kappa shape index (κ2) is 7.16. The molecule has 1 aliphatic carbocycles. The zero-order chi connectivity index (χ0) is 18.1. The second-order valence-electron chi connectivity index (χ2n) is 7.72. The molecule has 0 spiro atoms. The number of β-amino-alcohol motifs (C(OH)–C–C–N with tert-alkyl or cyclic N) is 1. The van der Waals surface area contributed by atoms with Gasteiger partial charge in [-0.15, -0.1) is 0 Å². The van der Waals surface area contributed by atoms with Crippen molar-refractivity contribution >= 4 is 10.9 Å². The average Bonchev–Trinajstić information content (AvgIpc) is 2.99. The third kappa shape index (κ3) is 3.71. The molecule has 0 amide bonds. The number of nitrogens with zero attached hydrogens (tertiary/aromatic N) is 2. The zero-order valence-electron chi connectivity index (χ0n) is 14.9. The summed E-state index contributed by atoms with van der Waals surface area (Å²) in [6.45, 7) is 2.32. The summed E-state index contributed by atoms with van der Waals surface area (Å²) in [5.41, 5.74) is 0.319. The lowest BCUT2D eigenvalue weighted by atomic mass is 9.79. The molecule has 0 unspecified atom stereocenters. The van der Waals surface area contributed by atoms with E-state index < -0.39 is 12.0 Å². The van der Waals surface area contributed by atoms with Crippen molar-refractivity contribution in [3.8, 4) is 5.75 Å². The van der Waals surface area contributed by atoms with Crippen molar-refractivity contribution < 1.29 is 18.6 Å². The van der Waals surface area contributed by atoms with Crippen molar-refractivity contribution in [1.29, 1.82) is 0 Å². The van der Waals surface area contributed by atoms with Crippen molar-refractivity contribution in [2.75, 3.05) is 19.6 Å². The van der Waals surface area contributed by atoms with E-state index in [-0.39, 0.29) is 12.6 Å². The Kier molecular flexibility index (Phi) is 4.88. The molecule has 2 heterocycles. The van der Waals surface area contributed by atoms with Gasteiger partial charge in [-0.05, 0) is 50.3 Å². The van der Waals surface area contributed by atoms with Crippen LogP contribution in [0.25, 0.3) is 10.9 Å². The molecule has 1 aromatic heterocycles. The minimum Gasteiger partial charge on any atom is -0.490 e. The fraction of sp³-hybridized carbons (Fsp3) is 0.600. The third-order valence-corrected chi connectivity index (χ3v) is 5.74. The molecule has 1 saturated heterocycles. The van der Waals surface area contributed by atoms with Crippen LogP contribution in [0.4, 0.5) is 8.78 Å². The Labute approximate surface area is 152 Å². The van der Waals surface area contributed by atoms with Crippen LogP contribution in [0.15, 0.2) is 30.5 Å². The average molecular weight is 364 g/mol. The predicted molar refractivity (Wildman–Crippen MR) is 96.8 cm³/mol. The summed E-state index contributed by atoms with van der Waals surface area (Å²) >= 11 is 0.